The maximum atomic E-state index is 5.92. The summed E-state index contributed by atoms with van der Waals surface area (Å²) in [7, 11) is 1.78. The minimum absolute atomic E-state index is 0.300. The third-order valence-corrected chi connectivity index (χ3v) is 5.10. The van der Waals surface area contributed by atoms with Crippen molar-refractivity contribution in [3.05, 3.63) is 47.7 Å². The number of ether oxygens (including phenoxy) is 2. The third kappa shape index (κ3) is 2.78. The van der Waals surface area contributed by atoms with Gasteiger partial charge in [0.25, 0.3) is 0 Å². The molecular formula is C20H21N3O2. The molecule has 0 bridgehead atoms. The van der Waals surface area contributed by atoms with E-state index < -0.39 is 0 Å². The highest BCUT2D eigenvalue weighted by atomic mass is 16.5. The Morgan fingerprint density at radius 2 is 2.00 bits per heavy atom. The molecule has 0 radical (unpaired) electrons. The predicted molar refractivity (Wildman–Crippen MR) is 97.3 cm³/mol. The minimum atomic E-state index is 0.300. The van der Waals surface area contributed by atoms with Gasteiger partial charge in [-0.3, -0.25) is 0 Å². The van der Waals surface area contributed by atoms with E-state index in [1.54, 1.807) is 7.11 Å². The summed E-state index contributed by atoms with van der Waals surface area (Å²) in [5.41, 5.74) is 4.35. The summed E-state index contributed by atoms with van der Waals surface area (Å²) in [5, 5.41) is 0. The average molecular weight is 335 g/mol. The molecule has 5 nitrogen and oxygen atoms in total. The molecular weight excluding hydrogens is 314 g/mol. The van der Waals surface area contributed by atoms with Crippen LogP contribution in [0.3, 0.4) is 0 Å². The predicted octanol–water partition coefficient (Wildman–Crippen LogP) is 3.33. The zero-order valence-electron chi connectivity index (χ0n) is 14.3. The molecule has 2 aromatic rings. The molecule has 1 aliphatic carbocycles. The largest absolute Gasteiger partial charge is 0.490 e. The Bertz CT molecular complexity index is 845. The number of aromatic nitrogens is 1. The molecule has 1 saturated heterocycles. The van der Waals surface area contributed by atoms with E-state index in [1.165, 1.54) is 18.4 Å². The molecule has 25 heavy (non-hydrogen) atoms. The number of rotatable bonds is 5. The van der Waals surface area contributed by atoms with E-state index in [4.69, 9.17) is 9.47 Å². The van der Waals surface area contributed by atoms with Crippen molar-refractivity contribution in [2.75, 3.05) is 25.1 Å². The molecule has 5 rings (SSSR count). The van der Waals surface area contributed by atoms with Crippen molar-refractivity contribution in [2.45, 2.75) is 31.5 Å². The number of methoxy groups -OCH3 is 1. The summed E-state index contributed by atoms with van der Waals surface area (Å²) >= 11 is 0. The molecule has 3 heterocycles. The van der Waals surface area contributed by atoms with E-state index in [1.807, 2.05) is 24.4 Å². The van der Waals surface area contributed by atoms with E-state index in [2.05, 4.69) is 27.0 Å². The molecule has 1 saturated carbocycles. The topological polar surface area (TPSA) is 47.0 Å². The van der Waals surface area contributed by atoms with Gasteiger partial charge in [-0.2, -0.15) is 0 Å². The summed E-state index contributed by atoms with van der Waals surface area (Å²) in [4.78, 5) is 11.5. The Labute approximate surface area is 147 Å². The zero-order valence-corrected chi connectivity index (χ0v) is 14.3. The van der Waals surface area contributed by atoms with Gasteiger partial charge in [-0.1, -0.05) is 0 Å². The maximum Gasteiger partial charge on any atom is 0.129 e. The van der Waals surface area contributed by atoms with Crippen molar-refractivity contribution in [2.24, 2.45) is 4.99 Å². The van der Waals surface area contributed by atoms with Crippen LogP contribution in [-0.4, -0.2) is 43.1 Å². The second-order valence-electron chi connectivity index (χ2n) is 6.95. The molecule has 128 valence electrons. The number of hydrogen-bond donors (Lipinski definition) is 0. The number of fused-ring (bicyclic) bond motifs is 1. The maximum absolute atomic E-state index is 5.92. The van der Waals surface area contributed by atoms with Crippen LogP contribution in [0.15, 0.2) is 41.5 Å². The van der Waals surface area contributed by atoms with E-state index in [9.17, 15) is 0 Å². The van der Waals surface area contributed by atoms with Crippen molar-refractivity contribution in [1.82, 2.24) is 4.98 Å². The van der Waals surface area contributed by atoms with Gasteiger partial charge in [0.2, 0.25) is 0 Å². The molecule has 2 fully saturated rings. The van der Waals surface area contributed by atoms with Gasteiger partial charge in [0, 0.05) is 37.5 Å². The Kier molecular flexibility index (Phi) is 3.48. The lowest BCUT2D eigenvalue weighted by Crippen LogP contribution is -2.23. The van der Waals surface area contributed by atoms with Gasteiger partial charge < -0.3 is 14.4 Å². The fourth-order valence-corrected chi connectivity index (χ4v) is 3.47. The fourth-order valence-electron chi connectivity index (χ4n) is 3.47. The van der Waals surface area contributed by atoms with E-state index >= 15 is 0 Å². The highest BCUT2D eigenvalue weighted by Crippen LogP contribution is 2.37. The molecule has 3 aliphatic rings. The van der Waals surface area contributed by atoms with Gasteiger partial charge in [0.15, 0.2) is 0 Å². The number of pyridine rings is 1. The highest BCUT2D eigenvalue weighted by molar-refractivity contribution is 6.22. The standard InChI is InChI=1S/C20H21N3O2/c1-24-16-7-9-23(12-16)19-10-13(6-8-21-19)20-17-11-15(25-14-2-3-14)4-5-18(17)22-20/h4-6,8,10-11,14,16H,2-3,7,9,12H2,1H3/t16-/m0/s1. The number of anilines is 1. The van der Waals surface area contributed by atoms with E-state index in [-0.39, 0.29) is 0 Å². The van der Waals surface area contributed by atoms with Crippen LogP contribution in [0, 0.1) is 0 Å². The molecule has 5 heteroatoms. The second kappa shape index (κ2) is 5.85. The zero-order chi connectivity index (χ0) is 16.8. The normalized spacial score (nSPS) is 21.6. The first-order chi connectivity index (χ1) is 12.3. The van der Waals surface area contributed by atoms with Gasteiger partial charge in [0.1, 0.15) is 11.6 Å². The summed E-state index contributed by atoms with van der Waals surface area (Å²) in [6.07, 6.45) is 5.97. The number of benzene rings is 1. The minimum Gasteiger partial charge on any atom is -0.490 e. The Hall–Kier alpha value is -2.40. The monoisotopic (exact) mass is 335 g/mol. The average Bonchev–Trinajstić information content (AvgIpc) is 3.30. The van der Waals surface area contributed by atoms with Crippen molar-refractivity contribution in [3.63, 3.8) is 0 Å². The Morgan fingerprint density at radius 3 is 2.80 bits per heavy atom. The van der Waals surface area contributed by atoms with Crippen LogP contribution in [0.5, 0.6) is 5.75 Å². The second-order valence-corrected chi connectivity index (χ2v) is 6.95. The summed E-state index contributed by atoms with van der Waals surface area (Å²) in [6.45, 7) is 1.88. The van der Waals surface area contributed by atoms with Crippen LogP contribution in [0.1, 0.15) is 30.4 Å². The fraction of sp³-hybridized carbons (Fsp3) is 0.400. The molecule has 0 amide bonds. The Balaban J connectivity index is 1.38. The van der Waals surface area contributed by atoms with Gasteiger partial charge in [-0.05, 0) is 49.6 Å². The smallest absolute Gasteiger partial charge is 0.129 e. The van der Waals surface area contributed by atoms with Crippen LogP contribution in [0.4, 0.5) is 11.5 Å². The molecule has 0 N–H and O–H groups in total. The van der Waals surface area contributed by atoms with E-state index in [0.29, 0.717) is 12.2 Å². The molecule has 1 aromatic heterocycles. The van der Waals surface area contributed by atoms with Gasteiger partial charge >= 0.3 is 0 Å². The SMILES string of the molecule is CO[C@H]1CCN(c2cc(C3=Nc4ccc(OC5CC5)cc43)ccn2)C1. The lowest BCUT2D eigenvalue weighted by molar-refractivity contribution is 0.121. The summed E-state index contributed by atoms with van der Waals surface area (Å²) in [6, 6.07) is 10.3. The van der Waals surface area contributed by atoms with Crippen molar-refractivity contribution in [3.8, 4) is 5.75 Å². The molecule has 2 aliphatic heterocycles. The van der Waals surface area contributed by atoms with Crippen LogP contribution < -0.4 is 9.64 Å². The first-order valence-electron chi connectivity index (χ1n) is 8.94. The van der Waals surface area contributed by atoms with Crippen molar-refractivity contribution < 1.29 is 9.47 Å². The lowest BCUT2D eigenvalue weighted by atomic mass is 9.96. The first kappa shape index (κ1) is 14.9. The molecule has 1 aromatic carbocycles. The number of nitrogens with zero attached hydrogens (tertiary/aromatic N) is 3. The third-order valence-electron chi connectivity index (χ3n) is 5.10. The summed E-state index contributed by atoms with van der Waals surface area (Å²) in [5.74, 6) is 1.95. The van der Waals surface area contributed by atoms with E-state index in [0.717, 1.165) is 48.0 Å². The van der Waals surface area contributed by atoms with Crippen LogP contribution in [0.2, 0.25) is 0 Å². The molecule has 1 atom stereocenters. The van der Waals surface area contributed by atoms with Crippen molar-refractivity contribution >= 4 is 17.2 Å². The van der Waals surface area contributed by atoms with Gasteiger partial charge in [-0.15, -0.1) is 0 Å². The van der Waals surface area contributed by atoms with Gasteiger partial charge in [-0.25, -0.2) is 9.98 Å². The van der Waals surface area contributed by atoms with Crippen LogP contribution >= 0.6 is 0 Å². The lowest BCUT2D eigenvalue weighted by Gasteiger charge is -2.22. The van der Waals surface area contributed by atoms with Gasteiger partial charge in [0.05, 0.1) is 23.6 Å². The van der Waals surface area contributed by atoms with Crippen LogP contribution in [-0.2, 0) is 4.74 Å². The highest BCUT2D eigenvalue weighted by Gasteiger charge is 2.27. The molecule has 0 unspecified atom stereocenters. The Morgan fingerprint density at radius 1 is 1.08 bits per heavy atom. The number of aliphatic imine (C=N–C) groups is 1. The first-order valence-corrected chi connectivity index (χ1v) is 8.94. The molecule has 0 spiro atoms. The summed E-state index contributed by atoms with van der Waals surface area (Å²) < 4.78 is 11.4. The van der Waals surface area contributed by atoms with Crippen LogP contribution in [0.25, 0.3) is 0 Å². The quantitative estimate of drug-likeness (QED) is 0.717. The number of hydrogen-bond acceptors (Lipinski definition) is 5. The van der Waals surface area contributed by atoms with Crippen molar-refractivity contribution in [1.29, 1.82) is 0 Å².